The first-order valence-corrected chi connectivity index (χ1v) is 5.66. The molecular weight excluding hydrogens is 214 g/mol. The molecule has 0 aliphatic heterocycles. The fraction of sp³-hybridized carbons (Fsp3) is 0.273. The third-order valence-electron chi connectivity index (χ3n) is 2.43. The standard InChI is InChI=1S/C11H12ClNS/c1-2-13-10(7-14)6-8-5-9(12)3-4-11(8)13/h3-6,14H,2,7H2,1H3. The van der Waals surface area contributed by atoms with Crippen LogP contribution >= 0.6 is 24.2 Å². The summed E-state index contributed by atoms with van der Waals surface area (Å²) in [6, 6.07) is 8.14. The zero-order valence-electron chi connectivity index (χ0n) is 8.00. The molecule has 0 radical (unpaired) electrons. The van der Waals surface area contributed by atoms with Crippen molar-refractivity contribution in [3.63, 3.8) is 0 Å². The average molecular weight is 226 g/mol. The van der Waals surface area contributed by atoms with Crippen molar-refractivity contribution >= 4 is 35.1 Å². The molecular formula is C11H12ClNS. The van der Waals surface area contributed by atoms with Gasteiger partial charge in [0.15, 0.2) is 0 Å². The van der Waals surface area contributed by atoms with Gasteiger partial charge >= 0.3 is 0 Å². The number of halogens is 1. The Morgan fingerprint density at radius 1 is 1.36 bits per heavy atom. The Morgan fingerprint density at radius 3 is 2.79 bits per heavy atom. The molecule has 1 nitrogen and oxygen atoms in total. The van der Waals surface area contributed by atoms with Crippen LogP contribution in [0, 0.1) is 0 Å². The Kier molecular flexibility index (Phi) is 2.75. The van der Waals surface area contributed by atoms with E-state index in [4.69, 9.17) is 11.6 Å². The lowest BCUT2D eigenvalue weighted by Crippen LogP contribution is -1.97. The van der Waals surface area contributed by atoms with Crippen LogP contribution in [0.4, 0.5) is 0 Å². The lowest BCUT2D eigenvalue weighted by molar-refractivity contribution is 0.766. The fourth-order valence-corrected chi connectivity index (χ4v) is 2.25. The molecule has 74 valence electrons. The first-order chi connectivity index (χ1) is 6.76. The largest absolute Gasteiger partial charge is 0.344 e. The van der Waals surface area contributed by atoms with Crippen molar-refractivity contribution in [3.05, 3.63) is 35.0 Å². The summed E-state index contributed by atoms with van der Waals surface area (Å²) in [4.78, 5) is 0. The maximum absolute atomic E-state index is 5.94. The average Bonchev–Trinajstić information content (AvgIpc) is 2.54. The summed E-state index contributed by atoms with van der Waals surface area (Å²) in [6.07, 6.45) is 0. The van der Waals surface area contributed by atoms with Crippen LogP contribution in [0.15, 0.2) is 24.3 Å². The second-order valence-electron chi connectivity index (χ2n) is 3.24. The minimum Gasteiger partial charge on any atom is -0.344 e. The van der Waals surface area contributed by atoms with Gasteiger partial charge in [0.2, 0.25) is 0 Å². The van der Waals surface area contributed by atoms with Gasteiger partial charge in [0.25, 0.3) is 0 Å². The van der Waals surface area contributed by atoms with Gasteiger partial charge in [-0.3, -0.25) is 0 Å². The van der Waals surface area contributed by atoms with E-state index < -0.39 is 0 Å². The Bertz CT molecular complexity index is 462. The molecule has 0 bridgehead atoms. The highest BCUT2D eigenvalue weighted by Gasteiger charge is 2.05. The zero-order valence-corrected chi connectivity index (χ0v) is 9.65. The summed E-state index contributed by atoms with van der Waals surface area (Å²) in [5.74, 6) is 0.764. The highest BCUT2D eigenvalue weighted by molar-refractivity contribution is 7.79. The van der Waals surface area contributed by atoms with Gasteiger partial charge in [0.1, 0.15) is 0 Å². The van der Waals surface area contributed by atoms with E-state index in [0.29, 0.717) is 0 Å². The van der Waals surface area contributed by atoms with Crippen molar-refractivity contribution in [1.82, 2.24) is 4.57 Å². The van der Waals surface area contributed by atoms with E-state index in [1.807, 2.05) is 12.1 Å². The Hall–Kier alpha value is -0.600. The summed E-state index contributed by atoms with van der Waals surface area (Å²) in [5.41, 5.74) is 2.48. The molecule has 0 amide bonds. The van der Waals surface area contributed by atoms with E-state index in [-0.39, 0.29) is 0 Å². The van der Waals surface area contributed by atoms with E-state index in [2.05, 4.69) is 36.3 Å². The van der Waals surface area contributed by atoms with Crippen LogP contribution in [0.2, 0.25) is 5.02 Å². The number of benzene rings is 1. The van der Waals surface area contributed by atoms with E-state index >= 15 is 0 Å². The summed E-state index contributed by atoms with van der Waals surface area (Å²) in [5, 5.41) is 1.99. The normalized spacial score (nSPS) is 11.1. The molecule has 0 fully saturated rings. The quantitative estimate of drug-likeness (QED) is 0.743. The second kappa shape index (κ2) is 3.87. The van der Waals surface area contributed by atoms with Gasteiger partial charge in [-0.15, -0.1) is 0 Å². The smallest absolute Gasteiger partial charge is 0.0483 e. The first-order valence-electron chi connectivity index (χ1n) is 4.64. The van der Waals surface area contributed by atoms with Crippen molar-refractivity contribution in [2.24, 2.45) is 0 Å². The lowest BCUT2D eigenvalue weighted by Gasteiger charge is -2.04. The van der Waals surface area contributed by atoms with Crippen LogP contribution in [-0.2, 0) is 12.3 Å². The molecule has 0 saturated carbocycles. The number of aryl methyl sites for hydroxylation is 1. The van der Waals surface area contributed by atoms with Crippen molar-refractivity contribution in [2.45, 2.75) is 19.2 Å². The van der Waals surface area contributed by atoms with Gasteiger partial charge in [0.05, 0.1) is 0 Å². The topological polar surface area (TPSA) is 4.93 Å². The highest BCUT2D eigenvalue weighted by Crippen LogP contribution is 2.24. The SMILES string of the molecule is CCn1c(CS)cc2cc(Cl)ccc21. The maximum Gasteiger partial charge on any atom is 0.0483 e. The summed E-state index contributed by atoms with van der Waals surface area (Å²) < 4.78 is 2.26. The Morgan fingerprint density at radius 2 is 2.14 bits per heavy atom. The molecule has 14 heavy (non-hydrogen) atoms. The van der Waals surface area contributed by atoms with Crippen molar-refractivity contribution in [1.29, 1.82) is 0 Å². The van der Waals surface area contributed by atoms with Crippen molar-refractivity contribution in [2.75, 3.05) is 0 Å². The third kappa shape index (κ3) is 1.53. The number of rotatable bonds is 2. The Balaban J connectivity index is 2.73. The molecule has 2 rings (SSSR count). The molecule has 0 saturated heterocycles. The monoisotopic (exact) mass is 225 g/mol. The van der Waals surface area contributed by atoms with Gasteiger partial charge in [-0.25, -0.2) is 0 Å². The van der Waals surface area contributed by atoms with Crippen LogP contribution in [-0.4, -0.2) is 4.57 Å². The molecule has 1 aromatic carbocycles. The molecule has 0 unspecified atom stereocenters. The number of nitrogens with zero attached hydrogens (tertiary/aromatic N) is 1. The Labute approximate surface area is 94.1 Å². The van der Waals surface area contributed by atoms with E-state index in [9.17, 15) is 0 Å². The highest BCUT2D eigenvalue weighted by atomic mass is 35.5. The molecule has 2 aromatic rings. The second-order valence-corrected chi connectivity index (χ2v) is 3.99. The minimum absolute atomic E-state index is 0.764. The number of fused-ring (bicyclic) bond motifs is 1. The predicted molar refractivity (Wildman–Crippen MR) is 65.3 cm³/mol. The molecule has 1 aromatic heterocycles. The molecule has 3 heteroatoms. The van der Waals surface area contributed by atoms with Gasteiger partial charge in [0, 0.05) is 33.9 Å². The number of hydrogen-bond acceptors (Lipinski definition) is 1. The molecule has 0 aliphatic rings. The van der Waals surface area contributed by atoms with Crippen molar-refractivity contribution < 1.29 is 0 Å². The van der Waals surface area contributed by atoms with E-state index in [1.54, 1.807) is 0 Å². The van der Waals surface area contributed by atoms with E-state index in [0.717, 1.165) is 17.3 Å². The number of thiol groups is 1. The maximum atomic E-state index is 5.94. The van der Waals surface area contributed by atoms with E-state index in [1.165, 1.54) is 16.6 Å². The van der Waals surface area contributed by atoms with Crippen LogP contribution in [0.5, 0.6) is 0 Å². The summed E-state index contributed by atoms with van der Waals surface area (Å²) >= 11 is 10.3. The predicted octanol–water partition coefficient (Wildman–Crippen LogP) is 3.74. The van der Waals surface area contributed by atoms with Crippen LogP contribution in [0.1, 0.15) is 12.6 Å². The summed E-state index contributed by atoms with van der Waals surface area (Å²) in [7, 11) is 0. The number of aromatic nitrogens is 1. The summed E-state index contributed by atoms with van der Waals surface area (Å²) in [6.45, 7) is 3.11. The fourth-order valence-electron chi connectivity index (χ4n) is 1.80. The lowest BCUT2D eigenvalue weighted by atomic mass is 10.2. The molecule has 0 atom stereocenters. The van der Waals surface area contributed by atoms with Gasteiger partial charge in [-0.1, -0.05) is 11.6 Å². The molecule has 1 heterocycles. The van der Waals surface area contributed by atoms with Gasteiger partial charge in [-0.05, 0) is 31.2 Å². The van der Waals surface area contributed by atoms with Crippen LogP contribution < -0.4 is 0 Å². The molecule has 0 spiro atoms. The van der Waals surface area contributed by atoms with Gasteiger partial charge < -0.3 is 4.57 Å². The molecule has 0 aliphatic carbocycles. The zero-order chi connectivity index (χ0) is 10.1. The van der Waals surface area contributed by atoms with Gasteiger partial charge in [-0.2, -0.15) is 12.6 Å². The van der Waals surface area contributed by atoms with Crippen LogP contribution in [0.25, 0.3) is 10.9 Å². The third-order valence-corrected chi connectivity index (χ3v) is 2.99. The number of hydrogen-bond donors (Lipinski definition) is 1. The van der Waals surface area contributed by atoms with Crippen molar-refractivity contribution in [3.8, 4) is 0 Å². The van der Waals surface area contributed by atoms with Crippen LogP contribution in [0.3, 0.4) is 0 Å². The molecule has 0 N–H and O–H groups in total. The first kappa shape index (κ1) is 9.94. The minimum atomic E-state index is 0.764.